The molecule has 1 atom stereocenters. The standard InChI is InChI=1S/C12H16ClNS/c1-7-4-10(5-9(3)12(14)15)11(13)6-8(7)2/h4,6,9H,5H2,1-3H3,(H2,14,15). The van der Waals surface area contributed by atoms with Crippen molar-refractivity contribution in [1.82, 2.24) is 0 Å². The van der Waals surface area contributed by atoms with Crippen LogP contribution in [0.5, 0.6) is 0 Å². The maximum atomic E-state index is 6.17. The highest BCUT2D eigenvalue weighted by Crippen LogP contribution is 2.23. The van der Waals surface area contributed by atoms with E-state index in [1.54, 1.807) is 0 Å². The van der Waals surface area contributed by atoms with Gasteiger partial charge in [0.2, 0.25) is 0 Å². The summed E-state index contributed by atoms with van der Waals surface area (Å²) in [5.74, 6) is 0.194. The maximum Gasteiger partial charge on any atom is 0.0759 e. The summed E-state index contributed by atoms with van der Waals surface area (Å²) in [5, 5.41) is 0.807. The summed E-state index contributed by atoms with van der Waals surface area (Å²) in [7, 11) is 0. The summed E-state index contributed by atoms with van der Waals surface area (Å²) in [4.78, 5) is 0.546. The first-order valence-corrected chi connectivity index (χ1v) is 5.75. The van der Waals surface area contributed by atoms with E-state index in [4.69, 9.17) is 29.6 Å². The molecule has 1 nitrogen and oxygen atoms in total. The van der Waals surface area contributed by atoms with Gasteiger partial charge in [-0.25, -0.2) is 0 Å². The fraction of sp³-hybridized carbons (Fsp3) is 0.417. The van der Waals surface area contributed by atoms with E-state index in [0.717, 1.165) is 17.0 Å². The lowest BCUT2D eigenvalue weighted by Gasteiger charge is -2.12. The lowest BCUT2D eigenvalue weighted by Crippen LogP contribution is -2.20. The number of halogens is 1. The first-order chi connectivity index (χ1) is 6.91. The van der Waals surface area contributed by atoms with Gasteiger partial charge in [0.05, 0.1) is 4.99 Å². The molecule has 0 saturated carbocycles. The van der Waals surface area contributed by atoms with Crippen molar-refractivity contribution >= 4 is 28.8 Å². The monoisotopic (exact) mass is 241 g/mol. The normalized spacial score (nSPS) is 12.5. The van der Waals surface area contributed by atoms with Gasteiger partial charge in [0.25, 0.3) is 0 Å². The molecule has 82 valence electrons. The molecule has 15 heavy (non-hydrogen) atoms. The molecule has 1 unspecified atom stereocenters. The van der Waals surface area contributed by atoms with Crippen molar-refractivity contribution in [1.29, 1.82) is 0 Å². The minimum absolute atomic E-state index is 0.194. The van der Waals surface area contributed by atoms with Crippen LogP contribution in [0.25, 0.3) is 0 Å². The van der Waals surface area contributed by atoms with Gasteiger partial charge in [0.15, 0.2) is 0 Å². The summed E-state index contributed by atoms with van der Waals surface area (Å²) in [6, 6.07) is 4.12. The van der Waals surface area contributed by atoms with Crippen molar-refractivity contribution in [3.8, 4) is 0 Å². The van der Waals surface area contributed by atoms with Crippen LogP contribution in [0.15, 0.2) is 12.1 Å². The zero-order valence-corrected chi connectivity index (χ0v) is 10.9. The number of rotatable bonds is 3. The van der Waals surface area contributed by atoms with Crippen LogP contribution in [0.3, 0.4) is 0 Å². The lowest BCUT2D eigenvalue weighted by atomic mass is 9.98. The average Bonchev–Trinajstić information content (AvgIpc) is 2.13. The second-order valence-corrected chi connectivity index (χ2v) is 4.91. The predicted molar refractivity (Wildman–Crippen MR) is 70.6 cm³/mol. The highest BCUT2D eigenvalue weighted by atomic mass is 35.5. The molecule has 0 fully saturated rings. The molecule has 0 aliphatic rings. The third-order valence-corrected chi connectivity index (χ3v) is 3.43. The number of aryl methyl sites for hydroxylation is 2. The summed E-state index contributed by atoms with van der Waals surface area (Å²) in [5.41, 5.74) is 9.18. The number of nitrogens with two attached hydrogens (primary N) is 1. The molecule has 0 amide bonds. The van der Waals surface area contributed by atoms with E-state index < -0.39 is 0 Å². The number of hydrogen-bond acceptors (Lipinski definition) is 1. The summed E-state index contributed by atoms with van der Waals surface area (Å²) in [6.07, 6.45) is 0.815. The lowest BCUT2D eigenvalue weighted by molar-refractivity contribution is 0.771. The van der Waals surface area contributed by atoms with E-state index in [0.29, 0.717) is 4.99 Å². The molecule has 0 saturated heterocycles. The Morgan fingerprint density at radius 1 is 1.40 bits per heavy atom. The SMILES string of the molecule is Cc1cc(Cl)c(CC(C)C(N)=S)cc1C. The second kappa shape index (κ2) is 4.95. The Balaban J connectivity index is 2.95. The minimum atomic E-state index is 0.194. The molecule has 0 aliphatic carbocycles. The van der Waals surface area contributed by atoms with E-state index in [-0.39, 0.29) is 5.92 Å². The molecule has 1 rings (SSSR count). The Hall–Kier alpha value is -0.600. The van der Waals surface area contributed by atoms with E-state index in [1.807, 2.05) is 13.0 Å². The van der Waals surface area contributed by atoms with Gasteiger partial charge in [-0.1, -0.05) is 36.8 Å². The van der Waals surface area contributed by atoms with Gasteiger partial charge in [0, 0.05) is 10.9 Å². The molecule has 1 aromatic carbocycles. The second-order valence-electron chi connectivity index (χ2n) is 4.04. The highest BCUT2D eigenvalue weighted by Gasteiger charge is 2.10. The van der Waals surface area contributed by atoms with Gasteiger partial charge in [-0.05, 0) is 43.0 Å². The topological polar surface area (TPSA) is 26.0 Å². The van der Waals surface area contributed by atoms with E-state index in [2.05, 4.69) is 19.9 Å². The third-order valence-electron chi connectivity index (χ3n) is 2.67. The van der Waals surface area contributed by atoms with Gasteiger partial charge in [-0.3, -0.25) is 0 Å². The quantitative estimate of drug-likeness (QED) is 0.821. The molecule has 2 N–H and O–H groups in total. The van der Waals surface area contributed by atoms with Gasteiger partial charge < -0.3 is 5.73 Å². The molecule has 0 bridgehead atoms. The van der Waals surface area contributed by atoms with Gasteiger partial charge in [0.1, 0.15) is 0 Å². The number of thiocarbonyl (C=S) groups is 1. The van der Waals surface area contributed by atoms with Crippen molar-refractivity contribution in [2.24, 2.45) is 11.7 Å². The summed E-state index contributed by atoms with van der Waals surface area (Å²) >= 11 is 11.1. The molecule has 0 aromatic heterocycles. The van der Waals surface area contributed by atoms with Gasteiger partial charge in [-0.2, -0.15) is 0 Å². The van der Waals surface area contributed by atoms with E-state index >= 15 is 0 Å². The number of hydrogen-bond donors (Lipinski definition) is 1. The number of benzene rings is 1. The van der Waals surface area contributed by atoms with Crippen LogP contribution in [-0.4, -0.2) is 4.99 Å². The van der Waals surface area contributed by atoms with Crippen LogP contribution in [0.2, 0.25) is 5.02 Å². The Morgan fingerprint density at radius 2 is 1.93 bits per heavy atom. The largest absolute Gasteiger partial charge is 0.393 e. The molecule has 0 aliphatic heterocycles. The minimum Gasteiger partial charge on any atom is -0.393 e. The van der Waals surface area contributed by atoms with Crippen molar-refractivity contribution in [2.75, 3.05) is 0 Å². The molecular weight excluding hydrogens is 226 g/mol. The fourth-order valence-electron chi connectivity index (χ4n) is 1.43. The van der Waals surface area contributed by atoms with Crippen LogP contribution in [0.4, 0.5) is 0 Å². The van der Waals surface area contributed by atoms with Crippen LogP contribution < -0.4 is 5.73 Å². The smallest absolute Gasteiger partial charge is 0.0759 e. The molecule has 3 heteroatoms. The Morgan fingerprint density at radius 3 is 2.47 bits per heavy atom. The molecule has 0 heterocycles. The maximum absolute atomic E-state index is 6.17. The molecule has 1 aromatic rings. The highest BCUT2D eigenvalue weighted by molar-refractivity contribution is 7.80. The average molecular weight is 242 g/mol. The van der Waals surface area contributed by atoms with Crippen molar-refractivity contribution in [3.05, 3.63) is 33.8 Å². The molecular formula is C12H16ClNS. The van der Waals surface area contributed by atoms with Crippen LogP contribution in [0.1, 0.15) is 23.6 Å². The molecule has 0 radical (unpaired) electrons. The van der Waals surface area contributed by atoms with E-state index in [9.17, 15) is 0 Å². The summed E-state index contributed by atoms with van der Waals surface area (Å²) < 4.78 is 0. The van der Waals surface area contributed by atoms with E-state index in [1.165, 1.54) is 11.1 Å². The first-order valence-electron chi connectivity index (χ1n) is 4.96. The predicted octanol–water partition coefficient (Wildman–Crippen LogP) is 3.42. The fourth-order valence-corrected chi connectivity index (χ4v) is 1.81. The van der Waals surface area contributed by atoms with Crippen LogP contribution >= 0.6 is 23.8 Å². The zero-order valence-electron chi connectivity index (χ0n) is 9.30. The van der Waals surface area contributed by atoms with Crippen molar-refractivity contribution in [3.63, 3.8) is 0 Å². The van der Waals surface area contributed by atoms with Crippen LogP contribution in [0, 0.1) is 19.8 Å². The Bertz CT molecular complexity index is 387. The van der Waals surface area contributed by atoms with Crippen molar-refractivity contribution in [2.45, 2.75) is 27.2 Å². The Labute approximate surface area is 102 Å². The Kier molecular flexibility index (Phi) is 4.12. The third kappa shape index (κ3) is 3.18. The summed E-state index contributed by atoms with van der Waals surface area (Å²) in [6.45, 7) is 6.16. The zero-order chi connectivity index (χ0) is 11.6. The molecule has 0 spiro atoms. The van der Waals surface area contributed by atoms with Gasteiger partial charge >= 0.3 is 0 Å². The van der Waals surface area contributed by atoms with Crippen molar-refractivity contribution < 1.29 is 0 Å². The van der Waals surface area contributed by atoms with Crippen LogP contribution in [-0.2, 0) is 6.42 Å². The first kappa shape index (κ1) is 12.5. The van der Waals surface area contributed by atoms with Gasteiger partial charge in [-0.15, -0.1) is 0 Å².